The van der Waals surface area contributed by atoms with E-state index < -0.39 is 12.0 Å². The Morgan fingerprint density at radius 3 is 2.41 bits per heavy atom. The van der Waals surface area contributed by atoms with E-state index in [-0.39, 0.29) is 12.3 Å². The Labute approximate surface area is 132 Å². The van der Waals surface area contributed by atoms with Crippen molar-refractivity contribution in [2.75, 3.05) is 11.9 Å². The Bertz CT molecular complexity index is 527. The lowest BCUT2D eigenvalue weighted by molar-refractivity contribution is -0.141. The zero-order chi connectivity index (χ0) is 16.7. The van der Waals surface area contributed by atoms with Crippen LogP contribution in [-0.2, 0) is 9.59 Å². The molecule has 1 unspecified atom stereocenters. The first-order valence-corrected chi connectivity index (χ1v) is 7.63. The maximum Gasteiger partial charge on any atom is 0.321 e. The van der Waals surface area contributed by atoms with Crippen LogP contribution in [-0.4, -0.2) is 29.6 Å². The molecule has 0 aliphatic rings. The lowest BCUT2D eigenvalue weighted by atomic mass is 10.1. The Morgan fingerprint density at radius 1 is 1.18 bits per heavy atom. The SMILES string of the molecule is Cc1ccc(NC(=O)CC(NCCC(C)C)C(=O)O)cc1C. The molecule has 22 heavy (non-hydrogen) atoms. The van der Waals surface area contributed by atoms with Crippen LogP contribution in [0.25, 0.3) is 0 Å². The number of carboxylic acid groups (broad SMARTS) is 1. The third-order valence-corrected chi connectivity index (χ3v) is 3.59. The molecule has 1 rings (SSSR count). The van der Waals surface area contributed by atoms with Gasteiger partial charge in [-0.05, 0) is 56.0 Å². The van der Waals surface area contributed by atoms with E-state index in [2.05, 4.69) is 24.5 Å². The number of rotatable bonds is 8. The van der Waals surface area contributed by atoms with Gasteiger partial charge in [-0.3, -0.25) is 9.59 Å². The van der Waals surface area contributed by atoms with Crippen LogP contribution in [0.4, 0.5) is 5.69 Å². The van der Waals surface area contributed by atoms with Gasteiger partial charge in [0.2, 0.25) is 5.91 Å². The third kappa shape index (κ3) is 6.26. The van der Waals surface area contributed by atoms with Crippen LogP contribution in [0.2, 0.25) is 0 Å². The van der Waals surface area contributed by atoms with E-state index in [1.54, 1.807) is 0 Å². The molecule has 0 saturated carbocycles. The standard InChI is InChI=1S/C17H26N2O3/c1-11(2)7-8-18-15(17(21)22)10-16(20)19-14-6-5-12(3)13(4)9-14/h5-6,9,11,15,18H,7-8,10H2,1-4H3,(H,19,20)(H,21,22). The van der Waals surface area contributed by atoms with Gasteiger partial charge in [0.1, 0.15) is 6.04 Å². The number of hydrogen-bond donors (Lipinski definition) is 3. The molecule has 1 amide bonds. The predicted octanol–water partition coefficient (Wildman–Crippen LogP) is 2.72. The minimum Gasteiger partial charge on any atom is -0.480 e. The zero-order valence-electron chi connectivity index (χ0n) is 13.8. The number of hydrogen-bond acceptors (Lipinski definition) is 3. The number of carbonyl (C=O) groups excluding carboxylic acids is 1. The number of carboxylic acids is 1. The van der Waals surface area contributed by atoms with Gasteiger partial charge in [-0.1, -0.05) is 19.9 Å². The highest BCUT2D eigenvalue weighted by molar-refractivity contribution is 5.94. The second-order valence-electron chi connectivity index (χ2n) is 6.08. The molecule has 0 spiro atoms. The van der Waals surface area contributed by atoms with Gasteiger partial charge in [-0.15, -0.1) is 0 Å². The van der Waals surface area contributed by atoms with E-state index in [0.29, 0.717) is 18.2 Å². The number of benzene rings is 1. The van der Waals surface area contributed by atoms with Gasteiger partial charge in [0.05, 0.1) is 6.42 Å². The normalized spacial score (nSPS) is 12.2. The first-order valence-electron chi connectivity index (χ1n) is 7.63. The molecule has 5 nitrogen and oxygen atoms in total. The minimum atomic E-state index is -1.00. The first kappa shape index (κ1) is 18.2. The topological polar surface area (TPSA) is 78.4 Å². The summed E-state index contributed by atoms with van der Waals surface area (Å²) in [6.07, 6.45) is 0.795. The van der Waals surface area contributed by atoms with Crippen LogP contribution in [0, 0.1) is 19.8 Å². The molecule has 0 saturated heterocycles. The number of anilines is 1. The van der Waals surface area contributed by atoms with Gasteiger partial charge < -0.3 is 15.7 Å². The molecule has 0 heterocycles. The number of aryl methyl sites for hydroxylation is 2. The van der Waals surface area contributed by atoms with Crippen LogP contribution in [0.15, 0.2) is 18.2 Å². The maximum absolute atomic E-state index is 12.0. The van der Waals surface area contributed by atoms with Crippen molar-refractivity contribution in [1.82, 2.24) is 5.32 Å². The average molecular weight is 306 g/mol. The van der Waals surface area contributed by atoms with Crippen molar-refractivity contribution in [2.45, 2.75) is 46.6 Å². The van der Waals surface area contributed by atoms with Gasteiger partial charge in [0.25, 0.3) is 0 Å². The Kier molecular flexibility index (Phi) is 7.05. The summed E-state index contributed by atoms with van der Waals surface area (Å²) in [5.41, 5.74) is 2.93. The Hall–Kier alpha value is -1.88. The zero-order valence-corrected chi connectivity index (χ0v) is 13.8. The van der Waals surface area contributed by atoms with Crippen molar-refractivity contribution in [3.05, 3.63) is 29.3 Å². The third-order valence-electron chi connectivity index (χ3n) is 3.59. The fraction of sp³-hybridized carbons (Fsp3) is 0.529. The van der Waals surface area contributed by atoms with Crippen LogP contribution in [0.1, 0.15) is 37.8 Å². The fourth-order valence-electron chi connectivity index (χ4n) is 2.01. The summed E-state index contributed by atoms with van der Waals surface area (Å²) in [4.78, 5) is 23.2. The van der Waals surface area contributed by atoms with Crippen LogP contribution in [0.5, 0.6) is 0 Å². The summed E-state index contributed by atoms with van der Waals surface area (Å²) in [5, 5.41) is 14.9. The number of amides is 1. The van der Waals surface area contributed by atoms with E-state index in [1.165, 1.54) is 0 Å². The van der Waals surface area contributed by atoms with Crippen molar-refractivity contribution >= 4 is 17.6 Å². The summed E-state index contributed by atoms with van der Waals surface area (Å²) in [6.45, 7) is 8.71. The van der Waals surface area contributed by atoms with E-state index in [4.69, 9.17) is 0 Å². The lowest BCUT2D eigenvalue weighted by Crippen LogP contribution is -2.40. The molecule has 0 fully saturated rings. The Balaban J connectivity index is 2.55. The quantitative estimate of drug-likeness (QED) is 0.690. The summed E-state index contributed by atoms with van der Waals surface area (Å²) in [6, 6.07) is 4.78. The molecule has 3 N–H and O–H groups in total. The maximum atomic E-state index is 12.0. The predicted molar refractivity (Wildman–Crippen MR) is 88.0 cm³/mol. The van der Waals surface area contributed by atoms with Gasteiger partial charge in [-0.2, -0.15) is 0 Å². The first-order chi connectivity index (χ1) is 10.3. The molecule has 0 aliphatic carbocycles. The van der Waals surface area contributed by atoms with E-state index in [0.717, 1.165) is 17.5 Å². The molecule has 1 atom stereocenters. The van der Waals surface area contributed by atoms with Crippen LogP contribution in [0.3, 0.4) is 0 Å². The second-order valence-corrected chi connectivity index (χ2v) is 6.08. The van der Waals surface area contributed by atoms with Crippen molar-refractivity contribution in [2.24, 2.45) is 5.92 Å². The molecule has 5 heteroatoms. The molecule has 1 aromatic carbocycles. The van der Waals surface area contributed by atoms with Crippen molar-refractivity contribution in [3.63, 3.8) is 0 Å². The highest BCUT2D eigenvalue weighted by Gasteiger charge is 2.20. The van der Waals surface area contributed by atoms with Gasteiger partial charge >= 0.3 is 5.97 Å². The van der Waals surface area contributed by atoms with E-state index >= 15 is 0 Å². The molecule has 0 radical (unpaired) electrons. The monoisotopic (exact) mass is 306 g/mol. The molecule has 122 valence electrons. The molecule has 1 aromatic rings. The summed E-state index contributed by atoms with van der Waals surface area (Å²) in [5.74, 6) is -0.807. The molecule has 0 aromatic heterocycles. The van der Waals surface area contributed by atoms with Gasteiger partial charge in [-0.25, -0.2) is 0 Å². The summed E-state index contributed by atoms with van der Waals surface area (Å²) in [7, 11) is 0. The number of nitrogens with one attached hydrogen (secondary N) is 2. The second kappa shape index (κ2) is 8.54. The van der Waals surface area contributed by atoms with Crippen molar-refractivity contribution < 1.29 is 14.7 Å². The smallest absolute Gasteiger partial charge is 0.321 e. The van der Waals surface area contributed by atoms with Gasteiger partial charge in [0, 0.05) is 5.69 Å². The number of carbonyl (C=O) groups is 2. The molecule has 0 bridgehead atoms. The average Bonchev–Trinajstić information content (AvgIpc) is 2.41. The van der Waals surface area contributed by atoms with Crippen molar-refractivity contribution in [3.8, 4) is 0 Å². The summed E-state index contributed by atoms with van der Waals surface area (Å²) < 4.78 is 0. The molecular weight excluding hydrogens is 280 g/mol. The largest absolute Gasteiger partial charge is 0.480 e. The van der Waals surface area contributed by atoms with Crippen molar-refractivity contribution in [1.29, 1.82) is 0 Å². The van der Waals surface area contributed by atoms with Crippen LogP contribution >= 0.6 is 0 Å². The lowest BCUT2D eigenvalue weighted by Gasteiger charge is -2.15. The minimum absolute atomic E-state index is 0.0830. The van der Waals surface area contributed by atoms with Crippen LogP contribution < -0.4 is 10.6 Å². The summed E-state index contributed by atoms with van der Waals surface area (Å²) >= 11 is 0. The Morgan fingerprint density at radius 2 is 1.86 bits per heavy atom. The highest BCUT2D eigenvalue weighted by atomic mass is 16.4. The highest BCUT2D eigenvalue weighted by Crippen LogP contribution is 2.14. The van der Waals surface area contributed by atoms with E-state index in [9.17, 15) is 14.7 Å². The molecule has 0 aliphatic heterocycles. The van der Waals surface area contributed by atoms with Gasteiger partial charge in [0.15, 0.2) is 0 Å². The fourth-order valence-corrected chi connectivity index (χ4v) is 2.01. The van der Waals surface area contributed by atoms with E-state index in [1.807, 2.05) is 32.0 Å². The molecular formula is C17H26N2O3. The number of aliphatic carboxylic acids is 1.